The first-order valence-corrected chi connectivity index (χ1v) is 8.24. The van der Waals surface area contributed by atoms with Gasteiger partial charge in [-0.25, -0.2) is 0 Å². The molecule has 0 saturated carbocycles. The molecule has 0 atom stereocenters. The second-order valence-electron chi connectivity index (χ2n) is 6.02. The summed E-state index contributed by atoms with van der Waals surface area (Å²) in [5.41, 5.74) is 2.27. The summed E-state index contributed by atoms with van der Waals surface area (Å²) in [7, 11) is 0. The lowest BCUT2D eigenvalue weighted by atomic mass is 10.1. The third-order valence-corrected chi connectivity index (χ3v) is 4.32. The zero-order valence-corrected chi connectivity index (χ0v) is 13.4. The molecule has 0 radical (unpaired) electrons. The van der Waals surface area contributed by atoms with Gasteiger partial charge in [-0.3, -0.25) is 9.80 Å². The fourth-order valence-electron chi connectivity index (χ4n) is 2.92. The third kappa shape index (κ3) is 4.68. The van der Waals surface area contributed by atoms with E-state index in [1.165, 1.54) is 5.56 Å². The zero-order chi connectivity index (χ0) is 15.9. The van der Waals surface area contributed by atoms with E-state index >= 15 is 0 Å². The number of para-hydroxylation sites is 1. The Morgan fingerprint density at radius 2 is 1.48 bits per heavy atom. The SMILES string of the molecule is Oc1ccccc1CN1CCN(CC=Cc2ccccc2)CC1. The largest absolute Gasteiger partial charge is 0.508 e. The number of phenolic OH excluding ortho intramolecular Hbond substituents is 1. The van der Waals surface area contributed by atoms with Gasteiger partial charge < -0.3 is 5.11 Å². The molecule has 1 N–H and O–H groups in total. The molecular weight excluding hydrogens is 284 g/mol. The van der Waals surface area contributed by atoms with Gasteiger partial charge in [0.2, 0.25) is 0 Å². The van der Waals surface area contributed by atoms with Crippen LogP contribution in [0.1, 0.15) is 11.1 Å². The summed E-state index contributed by atoms with van der Waals surface area (Å²) in [6, 6.07) is 18.1. The van der Waals surface area contributed by atoms with Gasteiger partial charge >= 0.3 is 0 Å². The Bertz CT molecular complexity index is 631. The first kappa shape index (κ1) is 15.8. The standard InChI is InChI=1S/C20H24N2O/c23-20-11-5-4-10-19(20)17-22-15-13-21(14-16-22)12-6-9-18-7-2-1-3-8-18/h1-11,23H,12-17H2. The van der Waals surface area contributed by atoms with Gasteiger partial charge in [-0.1, -0.05) is 60.7 Å². The summed E-state index contributed by atoms with van der Waals surface area (Å²) in [4.78, 5) is 4.88. The van der Waals surface area contributed by atoms with Crippen molar-refractivity contribution in [3.63, 3.8) is 0 Å². The molecule has 0 amide bonds. The highest BCUT2D eigenvalue weighted by Crippen LogP contribution is 2.18. The average molecular weight is 308 g/mol. The maximum Gasteiger partial charge on any atom is 0.120 e. The van der Waals surface area contributed by atoms with Crippen LogP contribution in [-0.4, -0.2) is 47.6 Å². The summed E-state index contributed by atoms with van der Waals surface area (Å²) in [5, 5.41) is 9.87. The van der Waals surface area contributed by atoms with Crippen LogP contribution >= 0.6 is 0 Å². The van der Waals surface area contributed by atoms with E-state index in [9.17, 15) is 5.11 Å². The van der Waals surface area contributed by atoms with Crippen LogP contribution in [0.15, 0.2) is 60.7 Å². The fraction of sp³-hybridized carbons (Fsp3) is 0.300. The first-order chi connectivity index (χ1) is 11.3. The summed E-state index contributed by atoms with van der Waals surface area (Å²) in [6.07, 6.45) is 4.43. The highest BCUT2D eigenvalue weighted by Gasteiger charge is 2.16. The molecule has 0 spiro atoms. The summed E-state index contributed by atoms with van der Waals surface area (Å²) < 4.78 is 0. The van der Waals surface area contributed by atoms with E-state index in [4.69, 9.17) is 0 Å². The molecule has 2 aromatic rings. The van der Waals surface area contributed by atoms with Gasteiger partial charge in [0.05, 0.1) is 0 Å². The first-order valence-electron chi connectivity index (χ1n) is 8.24. The Morgan fingerprint density at radius 3 is 2.22 bits per heavy atom. The minimum atomic E-state index is 0.403. The Balaban J connectivity index is 1.44. The van der Waals surface area contributed by atoms with Crippen LogP contribution in [0.5, 0.6) is 5.75 Å². The predicted octanol–water partition coefficient (Wildman–Crippen LogP) is 3.22. The van der Waals surface area contributed by atoms with E-state index in [-0.39, 0.29) is 0 Å². The number of aromatic hydroxyl groups is 1. The fourth-order valence-corrected chi connectivity index (χ4v) is 2.92. The monoisotopic (exact) mass is 308 g/mol. The van der Waals surface area contributed by atoms with Gasteiger partial charge in [0, 0.05) is 44.8 Å². The number of hydrogen-bond acceptors (Lipinski definition) is 3. The molecule has 1 heterocycles. The van der Waals surface area contributed by atoms with Crippen molar-refractivity contribution in [3.8, 4) is 5.75 Å². The molecule has 0 aliphatic carbocycles. The Kier molecular flexibility index (Phi) is 5.46. The number of hydrogen-bond donors (Lipinski definition) is 1. The minimum Gasteiger partial charge on any atom is -0.508 e. The number of phenols is 1. The van der Waals surface area contributed by atoms with E-state index in [1.807, 2.05) is 24.3 Å². The normalized spacial score (nSPS) is 16.9. The van der Waals surface area contributed by atoms with Crippen molar-refractivity contribution in [2.24, 2.45) is 0 Å². The smallest absolute Gasteiger partial charge is 0.120 e. The maximum absolute atomic E-state index is 9.87. The number of nitrogens with zero attached hydrogens (tertiary/aromatic N) is 2. The second-order valence-corrected chi connectivity index (χ2v) is 6.02. The van der Waals surface area contributed by atoms with Crippen molar-refractivity contribution in [1.29, 1.82) is 0 Å². The quantitative estimate of drug-likeness (QED) is 0.919. The summed E-state index contributed by atoms with van der Waals surface area (Å²) in [6.45, 7) is 6.08. The van der Waals surface area contributed by atoms with Crippen LogP contribution < -0.4 is 0 Å². The Hall–Kier alpha value is -2.10. The van der Waals surface area contributed by atoms with Crippen LogP contribution in [-0.2, 0) is 6.54 Å². The molecule has 0 aromatic heterocycles. The van der Waals surface area contributed by atoms with E-state index in [0.29, 0.717) is 5.75 Å². The van der Waals surface area contributed by atoms with Crippen LogP contribution in [0.3, 0.4) is 0 Å². The molecule has 3 nitrogen and oxygen atoms in total. The molecule has 0 bridgehead atoms. The molecule has 120 valence electrons. The van der Waals surface area contributed by atoms with Gasteiger partial charge in [-0.2, -0.15) is 0 Å². The molecule has 23 heavy (non-hydrogen) atoms. The molecule has 1 aliphatic rings. The predicted molar refractivity (Wildman–Crippen MR) is 95.3 cm³/mol. The number of rotatable bonds is 5. The molecule has 0 unspecified atom stereocenters. The number of piperazine rings is 1. The van der Waals surface area contributed by atoms with Gasteiger partial charge in [-0.15, -0.1) is 0 Å². The van der Waals surface area contributed by atoms with Crippen LogP contribution in [0.4, 0.5) is 0 Å². The Labute approximate surface area is 138 Å². The highest BCUT2D eigenvalue weighted by molar-refractivity contribution is 5.48. The van der Waals surface area contributed by atoms with E-state index < -0.39 is 0 Å². The molecule has 3 rings (SSSR count). The van der Waals surface area contributed by atoms with E-state index in [1.54, 1.807) is 6.07 Å². The van der Waals surface area contributed by atoms with Gasteiger partial charge in [0.25, 0.3) is 0 Å². The molecule has 2 aromatic carbocycles. The highest BCUT2D eigenvalue weighted by atomic mass is 16.3. The lowest BCUT2D eigenvalue weighted by Crippen LogP contribution is -2.45. The van der Waals surface area contributed by atoms with Gasteiger partial charge in [0.15, 0.2) is 0 Å². The molecule has 1 fully saturated rings. The topological polar surface area (TPSA) is 26.7 Å². The third-order valence-electron chi connectivity index (χ3n) is 4.32. The molecule has 1 aliphatic heterocycles. The average Bonchev–Trinajstić information content (AvgIpc) is 2.59. The summed E-state index contributed by atoms with van der Waals surface area (Å²) >= 11 is 0. The van der Waals surface area contributed by atoms with Crippen molar-refractivity contribution in [2.45, 2.75) is 6.54 Å². The number of benzene rings is 2. The van der Waals surface area contributed by atoms with Crippen molar-refractivity contribution in [2.75, 3.05) is 32.7 Å². The Morgan fingerprint density at radius 1 is 0.826 bits per heavy atom. The van der Waals surface area contributed by atoms with Crippen molar-refractivity contribution < 1.29 is 5.11 Å². The molecular formula is C20H24N2O. The molecule has 1 saturated heterocycles. The van der Waals surface area contributed by atoms with Crippen molar-refractivity contribution in [1.82, 2.24) is 9.80 Å². The molecule has 3 heteroatoms. The van der Waals surface area contributed by atoms with Crippen molar-refractivity contribution >= 4 is 6.08 Å². The van der Waals surface area contributed by atoms with E-state index in [0.717, 1.165) is 44.8 Å². The van der Waals surface area contributed by atoms with Gasteiger partial charge in [-0.05, 0) is 11.6 Å². The van der Waals surface area contributed by atoms with Crippen molar-refractivity contribution in [3.05, 3.63) is 71.8 Å². The lowest BCUT2D eigenvalue weighted by Gasteiger charge is -2.34. The van der Waals surface area contributed by atoms with Gasteiger partial charge in [0.1, 0.15) is 5.75 Å². The second kappa shape index (κ2) is 7.95. The van der Waals surface area contributed by atoms with E-state index in [2.05, 4.69) is 46.2 Å². The van der Waals surface area contributed by atoms with Crippen LogP contribution in [0.2, 0.25) is 0 Å². The lowest BCUT2D eigenvalue weighted by molar-refractivity contribution is 0.136. The maximum atomic E-state index is 9.87. The minimum absolute atomic E-state index is 0.403. The zero-order valence-electron chi connectivity index (χ0n) is 13.4. The van der Waals surface area contributed by atoms with Crippen LogP contribution in [0.25, 0.3) is 6.08 Å². The summed E-state index contributed by atoms with van der Waals surface area (Å²) in [5.74, 6) is 0.403. The van der Waals surface area contributed by atoms with Crippen LogP contribution in [0, 0.1) is 0 Å².